The van der Waals surface area contributed by atoms with Crippen LogP contribution >= 0.6 is 0 Å². The second kappa shape index (κ2) is 56.0. The molecule has 0 aliphatic carbocycles. The fraction of sp³-hybridized carbons (Fsp3) is 0.820. The number of hydrogen-bond donors (Lipinski definition) is 0. The van der Waals surface area contributed by atoms with Crippen LogP contribution < -0.4 is 0 Å². The first-order valence-electron chi connectivity index (χ1n) is 29.1. The standard InChI is InChI=1S/C61H110O6/c1-4-7-10-13-16-19-22-25-27-29-31-33-34-36-39-42-45-48-51-54-60(63)66-57-58(56-65-59(62)53-50-47-44-41-38-24-21-18-15-12-9-6-3)67-61(64)55-52-49-46-43-40-37-35-32-30-28-26-23-20-17-14-11-8-5-2/h7,10,16,18-19,21,25,27,58H,4-6,8-9,11-15,17,20,22-24,26,28-57H2,1-3H3/b10-7-,19-16-,21-18-,27-25-. The third-order valence-electron chi connectivity index (χ3n) is 12.8. The number of allylic oxidation sites excluding steroid dienone is 8. The van der Waals surface area contributed by atoms with Gasteiger partial charge in [-0.05, 0) is 77.0 Å². The molecule has 390 valence electrons. The molecule has 0 aliphatic rings. The second-order valence-corrected chi connectivity index (χ2v) is 19.5. The van der Waals surface area contributed by atoms with Crippen LogP contribution in [0, 0.1) is 0 Å². The highest BCUT2D eigenvalue weighted by Gasteiger charge is 2.19. The van der Waals surface area contributed by atoms with E-state index in [4.69, 9.17) is 14.2 Å². The first kappa shape index (κ1) is 64.4. The van der Waals surface area contributed by atoms with Gasteiger partial charge in [0, 0.05) is 19.3 Å². The van der Waals surface area contributed by atoms with Crippen molar-refractivity contribution in [1.29, 1.82) is 0 Å². The molecule has 1 unspecified atom stereocenters. The lowest BCUT2D eigenvalue weighted by Gasteiger charge is -2.18. The molecule has 0 aliphatic heterocycles. The van der Waals surface area contributed by atoms with Gasteiger partial charge >= 0.3 is 17.9 Å². The Bertz CT molecular complexity index is 1170. The first-order chi connectivity index (χ1) is 33.0. The van der Waals surface area contributed by atoms with Crippen molar-refractivity contribution in [3.63, 3.8) is 0 Å². The van der Waals surface area contributed by atoms with E-state index < -0.39 is 6.10 Å². The van der Waals surface area contributed by atoms with Crippen molar-refractivity contribution < 1.29 is 28.6 Å². The molecule has 0 aromatic rings. The number of esters is 3. The summed E-state index contributed by atoms with van der Waals surface area (Å²) in [6, 6.07) is 0. The lowest BCUT2D eigenvalue weighted by Crippen LogP contribution is -2.30. The van der Waals surface area contributed by atoms with E-state index in [-0.39, 0.29) is 31.1 Å². The zero-order valence-electron chi connectivity index (χ0n) is 44.7. The SMILES string of the molecule is CC/C=C\C/C=C\C/C=C\CCCCCCCCCCCC(=O)OCC(COC(=O)CCCCCCC/C=C\CCCCC)OC(=O)CCCCCCCCCCCCCCCCCCCC. The maximum atomic E-state index is 12.9. The lowest BCUT2D eigenvalue weighted by molar-refractivity contribution is -0.167. The van der Waals surface area contributed by atoms with E-state index in [0.717, 1.165) is 83.5 Å². The fourth-order valence-corrected chi connectivity index (χ4v) is 8.45. The van der Waals surface area contributed by atoms with E-state index in [1.54, 1.807) is 0 Å². The van der Waals surface area contributed by atoms with Crippen molar-refractivity contribution in [2.45, 2.75) is 309 Å². The Morgan fingerprint density at radius 2 is 0.582 bits per heavy atom. The molecular weight excluding hydrogens is 829 g/mol. The third kappa shape index (κ3) is 54.2. The minimum Gasteiger partial charge on any atom is -0.462 e. The molecule has 0 bridgehead atoms. The molecule has 0 amide bonds. The number of hydrogen-bond acceptors (Lipinski definition) is 6. The number of unbranched alkanes of at least 4 members (excludes halogenated alkanes) is 34. The smallest absolute Gasteiger partial charge is 0.306 e. The molecule has 6 nitrogen and oxygen atoms in total. The molecule has 0 radical (unpaired) electrons. The van der Waals surface area contributed by atoms with Crippen molar-refractivity contribution in [2.75, 3.05) is 13.2 Å². The van der Waals surface area contributed by atoms with Crippen molar-refractivity contribution in [2.24, 2.45) is 0 Å². The maximum Gasteiger partial charge on any atom is 0.306 e. The topological polar surface area (TPSA) is 78.9 Å². The van der Waals surface area contributed by atoms with Crippen LogP contribution in [0.3, 0.4) is 0 Å². The van der Waals surface area contributed by atoms with E-state index in [1.807, 2.05) is 0 Å². The molecule has 0 saturated carbocycles. The summed E-state index contributed by atoms with van der Waals surface area (Å²) in [5.41, 5.74) is 0. The average Bonchev–Trinajstić information content (AvgIpc) is 3.33. The zero-order chi connectivity index (χ0) is 48.6. The summed E-state index contributed by atoms with van der Waals surface area (Å²) in [6.07, 6.45) is 68.2. The van der Waals surface area contributed by atoms with Gasteiger partial charge < -0.3 is 14.2 Å². The van der Waals surface area contributed by atoms with Gasteiger partial charge in [0.25, 0.3) is 0 Å². The summed E-state index contributed by atoms with van der Waals surface area (Å²) in [5, 5.41) is 0. The van der Waals surface area contributed by atoms with E-state index in [1.165, 1.54) is 180 Å². The van der Waals surface area contributed by atoms with Gasteiger partial charge in [0.2, 0.25) is 0 Å². The Kier molecular flexibility index (Phi) is 53.8. The van der Waals surface area contributed by atoms with Crippen LogP contribution in [-0.4, -0.2) is 37.2 Å². The lowest BCUT2D eigenvalue weighted by atomic mass is 10.0. The molecule has 0 heterocycles. The van der Waals surface area contributed by atoms with E-state index >= 15 is 0 Å². The molecular formula is C61H110O6. The van der Waals surface area contributed by atoms with Gasteiger partial charge in [0.05, 0.1) is 0 Å². The Balaban J connectivity index is 4.32. The first-order valence-corrected chi connectivity index (χ1v) is 29.1. The maximum absolute atomic E-state index is 12.9. The zero-order valence-corrected chi connectivity index (χ0v) is 44.7. The molecule has 0 aromatic carbocycles. The normalized spacial score (nSPS) is 12.3. The van der Waals surface area contributed by atoms with E-state index in [2.05, 4.69) is 69.4 Å². The number of ether oxygens (including phenoxy) is 3. The van der Waals surface area contributed by atoms with Gasteiger partial charge in [0.1, 0.15) is 13.2 Å². The van der Waals surface area contributed by atoms with Crippen LogP contribution in [0.4, 0.5) is 0 Å². The molecule has 0 N–H and O–H groups in total. The minimum atomic E-state index is -0.776. The van der Waals surface area contributed by atoms with Crippen molar-refractivity contribution in [3.8, 4) is 0 Å². The summed E-state index contributed by atoms with van der Waals surface area (Å²) in [7, 11) is 0. The van der Waals surface area contributed by atoms with Gasteiger partial charge in [-0.3, -0.25) is 14.4 Å². The highest BCUT2D eigenvalue weighted by molar-refractivity contribution is 5.71. The van der Waals surface area contributed by atoms with Gasteiger partial charge in [-0.15, -0.1) is 0 Å². The summed E-state index contributed by atoms with van der Waals surface area (Å²) < 4.78 is 16.9. The molecule has 0 spiro atoms. The second-order valence-electron chi connectivity index (χ2n) is 19.5. The van der Waals surface area contributed by atoms with Crippen LogP contribution in [0.15, 0.2) is 48.6 Å². The van der Waals surface area contributed by atoms with Gasteiger partial charge in [-0.2, -0.15) is 0 Å². The summed E-state index contributed by atoms with van der Waals surface area (Å²) in [4.78, 5) is 38.1. The van der Waals surface area contributed by atoms with Crippen molar-refractivity contribution >= 4 is 17.9 Å². The number of rotatable bonds is 53. The molecule has 0 rings (SSSR count). The van der Waals surface area contributed by atoms with E-state index in [9.17, 15) is 14.4 Å². The average molecular weight is 940 g/mol. The van der Waals surface area contributed by atoms with Crippen LogP contribution in [0.5, 0.6) is 0 Å². The predicted octanol–water partition coefficient (Wildman–Crippen LogP) is 19.4. The number of carbonyl (C=O) groups is 3. The highest BCUT2D eigenvalue weighted by Crippen LogP contribution is 2.17. The van der Waals surface area contributed by atoms with Crippen LogP contribution in [0.1, 0.15) is 303 Å². The van der Waals surface area contributed by atoms with E-state index in [0.29, 0.717) is 19.3 Å². The Labute approximate surface area is 416 Å². The predicted molar refractivity (Wildman–Crippen MR) is 289 cm³/mol. The molecule has 67 heavy (non-hydrogen) atoms. The largest absolute Gasteiger partial charge is 0.462 e. The Hall–Kier alpha value is -2.63. The molecule has 1 atom stereocenters. The minimum absolute atomic E-state index is 0.0756. The number of carbonyl (C=O) groups excluding carboxylic acids is 3. The Morgan fingerprint density at radius 1 is 0.313 bits per heavy atom. The third-order valence-corrected chi connectivity index (χ3v) is 12.8. The van der Waals surface area contributed by atoms with Gasteiger partial charge in [-0.1, -0.05) is 256 Å². The van der Waals surface area contributed by atoms with Crippen molar-refractivity contribution in [3.05, 3.63) is 48.6 Å². The monoisotopic (exact) mass is 939 g/mol. The van der Waals surface area contributed by atoms with Crippen LogP contribution in [0.2, 0.25) is 0 Å². The van der Waals surface area contributed by atoms with Crippen LogP contribution in [-0.2, 0) is 28.6 Å². The quantitative estimate of drug-likeness (QED) is 0.0262. The van der Waals surface area contributed by atoms with Crippen LogP contribution in [0.25, 0.3) is 0 Å². The molecule has 0 fully saturated rings. The molecule has 0 saturated heterocycles. The molecule has 6 heteroatoms. The van der Waals surface area contributed by atoms with Crippen molar-refractivity contribution in [1.82, 2.24) is 0 Å². The van der Waals surface area contributed by atoms with Gasteiger partial charge in [0.15, 0.2) is 6.10 Å². The summed E-state index contributed by atoms with van der Waals surface area (Å²) in [5.74, 6) is -0.874. The summed E-state index contributed by atoms with van der Waals surface area (Å²) >= 11 is 0. The van der Waals surface area contributed by atoms with Gasteiger partial charge in [-0.25, -0.2) is 0 Å². The fourth-order valence-electron chi connectivity index (χ4n) is 8.45. The summed E-state index contributed by atoms with van der Waals surface area (Å²) in [6.45, 7) is 6.53. The highest BCUT2D eigenvalue weighted by atomic mass is 16.6. The molecule has 0 aromatic heterocycles. The Morgan fingerprint density at radius 3 is 0.955 bits per heavy atom.